The highest BCUT2D eigenvalue weighted by molar-refractivity contribution is 5.79. The molecule has 0 atom stereocenters. The number of aryl methyl sites for hydroxylation is 2. The minimum atomic E-state index is 0.330. The van der Waals surface area contributed by atoms with Crippen LogP contribution in [0.2, 0.25) is 0 Å². The van der Waals surface area contributed by atoms with Crippen molar-refractivity contribution in [1.82, 2.24) is 25.4 Å². The van der Waals surface area contributed by atoms with E-state index < -0.39 is 0 Å². The van der Waals surface area contributed by atoms with Crippen molar-refractivity contribution in [2.75, 3.05) is 27.3 Å². The third-order valence-corrected chi connectivity index (χ3v) is 5.85. The summed E-state index contributed by atoms with van der Waals surface area (Å²) in [4.78, 5) is 8.95. The zero-order chi connectivity index (χ0) is 20.7. The second kappa shape index (κ2) is 9.87. The van der Waals surface area contributed by atoms with Gasteiger partial charge < -0.3 is 15.4 Å². The molecule has 3 rings (SSSR count). The van der Waals surface area contributed by atoms with E-state index in [0.29, 0.717) is 12.0 Å². The van der Waals surface area contributed by atoms with Crippen LogP contribution in [0.1, 0.15) is 49.1 Å². The Morgan fingerprint density at radius 1 is 1.24 bits per heavy atom. The molecule has 158 valence electrons. The molecular formula is C22H34N6O. The number of nitrogens with zero attached hydrogens (tertiary/aromatic N) is 4. The van der Waals surface area contributed by atoms with Gasteiger partial charge in [0.05, 0.1) is 5.69 Å². The zero-order valence-electron chi connectivity index (χ0n) is 18.2. The summed E-state index contributed by atoms with van der Waals surface area (Å²) in [6.45, 7) is 6.46. The van der Waals surface area contributed by atoms with Crippen molar-refractivity contribution in [3.63, 3.8) is 0 Å². The maximum atomic E-state index is 5.33. The Morgan fingerprint density at radius 2 is 2.03 bits per heavy atom. The lowest BCUT2D eigenvalue weighted by molar-refractivity contribution is 0.138. The number of aliphatic imine (C=N–C) groups is 1. The van der Waals surface area contributed by atoms with Gasteiger partial charge >= 0.3 is 0 Å². The number of guanidine groups is 1. The van der Waals surface area contributed by atoms with Crippen LogP contribution in [0.3, 0.4) is 0 Å². The molecule has 7 nitrogen and oxygen atoms in total. The van der Waals surface area contributed by atoms with E-state index in [1.54, 1.807) is 7.11 Å². The highest BCUT2D eigenvalue weighted by Crippen LogP contribution is 2.40. The normalized spacial score (nSPS) is 16.2. The lowest BCUT2D eigenvalue weighted by Gasteiger charge is -2.30. The van der Waals surface area contributed by atoms with Gasteiger partial charge in [-0.1, -0.05) is 18.9 Å². The molecule has 0 spiro atoms. The van der Waals surface area contributed by atoms with Crippen LogP contribution in [-0.4, -0.2) is 48.0 Å². The van der Waals surface area contributed by atoms with E-state index in [9.17, 15) is 0 Å². The van der Waals surface area contributed by atoms with Crippen molar-refractivity contribution in [3.8, 4) is 5.82 Å². The second-order valence-electron chi connectivity index (χ2n) is 8.09. The summed E-state index contributed by atoms with van der Waals surface area (Å²) in [5.41, 5.74) is 3.51. The summed E-state index contributed by atoms with van der Waals surface area (Å²) in [6.07, 6.45) is 8.14. The molecule has 2 aromatic heterocycles. The van der Waals surface area contributed by atoms with Gasteiger partial charge in [0, 0.05) is 45.7 Å². The quantitative estimate of drug-likeness (QED) is 0.528. The molecule has 2 N–H and O–H groups in total. The number of aromatic nitrogens is 3. The number of pyridine rings is 1. The summed E-state index contributed by atoms with van der Waals surface area (Å²) >= 11 is 0. The Bertz CT molecular complexity index is 805. The molecule has 2 aromatic rings. The lowest BCUT2D eigenvalue weighted by atomic mass is 9.83. The van der Waals surface area contributed by atoms with E-state index in [-0.39, 0.29) is 0 Å². The van der Waals surface area contributed by atoms with Crippen LogP contribution in [0.5, 0.6) is 0 Å². The van der Waals surface area contributed by atoms with E-state index in [1.165, 1.54) is 25.7 Å². The standard InChI is InChI=1S/C22H34N6O/c1-17-13-18(2)28(27-17)20-8-7-19(14-24-20)15-25-21(23-3)26-16-22(11-12-29-4)9-5-6-10-22/h7-8,13-14H,5-6,9-12,15-16H2,1-4H3,(H2,23,25,26). The van der Waals surface area contributed by atoms with Crippen LogP contribution < -0.4 is 10.6 Å². The number of methoxy groups -OCH3 is 1. The predicted octanol–water partition coefficient (Wildman–Crippen LogP) is 3.15. The number of hydrogen-bond acceptors (Lipinski definition) is 4. The van der Waals surface area contributed by atoms with Crippen LogP contribution >= 0.6 is 0 Å². The smallest absolute Gasteiger partial charge is 0.191 e. The third-order valence-electron chi connectivity index (χ3n) is 5.85. The fourth-order valence-corrected chi connectivity index (χ4v) is 4.14. The van der Waals surface area contributed by atoms with Gasteiger partial charge in [-0.3, -0.25) is 4.99 Å². The van der Waals surface area contributed by atoms with E-state index in [1.807, 2.05) is 37.8 Å². The van der Waals surface area contributed by atoms with Crippen LogP contribution in [0.25, 0.3) is 5.82 Å². The van der Waals surface area contributed by atoms with Gasteiger partial charge in [0.25, 0.3) is 0 Å². The molecule has 0 radical (unpaired) electrons. The van der Waals surface area contributed by atoms with E-state index in [0.717, 1.165) is 48.3 Å². The van der Waals surface area contributed by atoms with Gasteiger partial charge in [0.15, 0.2) is 11.8 Å². The molecule has 0 unspecified atom stereocenters. The molecule has 0 bridgehead atoms. The van der Waals surface area contributed by atoms with Crippen molar-refractivity contribution in [2.45, 2.75) is 52.5 Å². The monoisotopic (exact) mass is 398 g/mol. The van der Waals surface area contributed by atoms with Gasteiger partial charge in [0.2, 0.25) is 0 Å². The molecule has 0 saturated heterocycles. The highest BCUT2D eigenvalue weighted by atomic mass is 16.5. The Balaban J connectivity index is 1.53. The second-order valence-corrected chi connectivity index (χ2v) is 8.09. The molecule has 1 fully saturated rings. The number of ether oxygens (including phenoxy) is 1. The van der Waals surface area contributed by atoms with Gasteiger partial charge in [0.1, 0.15) is 0 Å². The lowest BCUT2D eigenvalue weighted by Crippen LogP contribution is -2.43. The van der Waals surface area contributed by atoms with Crippen LogP contribution in [0.4, 0.5) is 0 Å². The molecule has 1 aliphatic rings. The first-order chi connectivity index (χ1) is 14.0. The summed E-state index contributed by atoms with van der Waals surface area (Å²) in [5, 5.41) is 11.4. The SMILES string of the molecule is CN=C(NCc1ccc(-n2nc(C)cc2C)nc1)NCC1(CCOC)CCCC1. The average Bonchev–Trinajstić information content (AvgIpc) is 3.33. The van der Waals surface area contributed by atoms with E-state index >= 15 is 0 Å². The van der Waals surface area contributed by atoms with Crippen LogP contribution in [0, 0.1) is 19.3 Å². The van der Waals surface area contributed by atoms with Crippen molar-refractivity contribution < 1.29 is 4.74 Å². The zero-order valence-corrected chi connectivity index (χ0v) is 18.2. The number of nitrogens with one attached hydrogen (secondary N) is 2. The molecule has 29 heavy (non-hydrogen) atoms. The van der Waals surface area contributed by atoms with Crippen molar-refractivity contribution >= 4 is 5.96 Å². The topological polar surface area (TPSA) is 76.4 Å². The third kappa shape index (κ3) is 5.56. The fraction of sp³-hybridized carbons (Fsp3) is 0.591. The molecule has 1 aliphatic carbocycles. The van der Waals surface area contributed by atoms with E-state index in [4.69, 9.17) is 4.74 Å². The Labute approximate surface area is 174 Å². The fourth-order valence-electron chi connectivity index (χ4n) is 4.14. The van der Waals surface area contributed by atoms with E-state index in [2.05, 4.69) is 37.8 Å². The van der Waals surface area contributed by atoms with Gasteiger partial charge in [-0.15, -0.1) is 0 Å². The molecule has 0 aromatic carbocycles. The van der Waals surface area contributed by atoms with Crippen molar-refractivity contribution in [1.29, 1.82) is 0 Å². The molecule has 0 amide bonds. The van der Waals surface area contributed by atoms with Crippen LogP contribution in [-0.2, 0) is 11.3 Å². The maximum Gasteiger partial charge on any atom is 0.191 e. The first-order valence-corrected chi connectivity index (χ1v) is 10.5. The summed E-state index contributed by atoms with van der Waals surface area (Å²) in [7, 11) is 3.60. The minimum Gasteiger partial charge on any atom is -0.385 e. The first kappa shape index (κ1) is 21.3. The Morgan fingerprint density at radius 3 is 2.62 bits per heavy atom. The number of rotatable bonds is 8. The highest BCUT2D eigenvalue weighted by Gasteiger charge is 2.33. The molecule has 2 heterocycles. The Kier molecular flexibility index (Phi) is 7.25. The first-order valence-electron chi connectivity index (χ1n) is 10.5. The van der Waals surface area contributed by atoms with Gasteiger partial charge in [-0.05, 0) is 56.2 Å². The molecule has 0 aliphatic heterocycles. The van der Waals surface area contributed by atoms with Crippen molar-refractivity contribution in [2.24, 2.45) is 10.4 Å². The van der Waals surface area contributed by atoms with Crippen molar-refractivity contribution in [3.05, 3.63) is 41.3 Å². The average molecular weight is 399 g/mol. The summed E-state index contributed by atoms with van der Waals surface area (Å²) < 4.78 is 7.20. The van der Waals surface area contributed by atoms with Crippen LogP contribution in [0.15, 0.2) is 29.4 Å². The summed E-state index contributed by atoms with van der Waals surface area (Å²) in [6, 6.07) is 6.14. The Hall–Kier alpha value is -2.41. The largest absolute Gasteiger partial charge is 0.385 e. The van der Waals surface area contributed by atoms with Gasteiger partial charge in [-0.2, -0.15) is 5.10 Å². The molecule has 7 heteroatoms. The number of hydrogen-bond donors (Lipinski definition) is 2. The molecular weight excluding hydrogens is 364 g/mol. The summed E-state index contributed by atoms with van der Waals surface area (Å²) in [5.74, 6) is 1.67. The maximum absolute atomic E-state index is 5.33. The predicted molar refractivity (Wildman–Crippen MR) is 116 cm³/mol. The minimum absolute atomic E-state index is 0.330. The molecule has 1 saturated carbocycles. The van der Waals surface area contributed by atoms with Gasteiger partial charge in [-0.25, -0.2) is 9.67 Å².